The molecule has 1 aromatic heterocycles. The molecule has 0 fully saturated rings. The Balaban J connectivity index is 2.43. The number of aryl methyl sites for hydroxylation is 1. The lowest BCUT2D eigenvalue weighted by atomic mass is 10.0. The molecule has 0 saturated carbocycles. The van der Waals surface area contributed by atoms with Crippen LogP contribution in [-0.2, 0) is 6.42 Å². The van der Waals surface area contributed by atoms with Crippen LogP contribution in [0.3, 0.4) is 0 Å². The first kappa shape index (κ1) is 11.9. The third-order valence-electron chi connectivity index (χ3n) is 2.52. The summed E-state index contributed by atoms with van der Waals surface area (Å²) in [6.45, 7) is 9.22. The Hall–Kier alpha value is -1.15. The number of hydrogen-bond acceptors (Lipinski definition) is 2. The predicted molar refractivity (Wildman–Crippen MR) is 64.8 cm³/mol. The van der Waals surface area contributed by atoms with Crippen LogP contribution < -0.4 is 5.32 Å². The average molecular weight is 204 g/mol. The smallest absolute Gasteiger partial charge is 0.0277 e. The van der Waals surface area contributed by atoms with Crippen LogP contribution in [0.15, 0.2) is 36.7 Å². The molecule has 0 aliphatic carbocycles. The van der Waals surface area contributed by atoms with Crippen molar-refractivity contribution in [1.82, 2.24) is 10.3 Å². The summed E-state index contributed by atoms with van der Waals surface area (Å²) < 4.78 is 0. The minimum absolute atomic E-state index is 0.433. The molecule has 1 unspecified atom stereocenters. The van der Waals surface area contributed by atoms with Crippen molar-refractivity contribution < 1.29 is 0 Å². The molecule has 0 bridgehead atoms. The van der Waals surface area contributed by atoms with E-state index in [-0.39, 0.29) is 0 Å². The van der Waals surface area contributed by atoms with Crippen LogP contribution in [0.2, 0.25) is 0 Å². The van der Waals surface area contributed by atoms with Crippen molar-refractivity contribution in [3.8, 4) is 0 Å². The van der Waals surface area contributed by atoms with Gasteiger partial charge in [-0.3, -0.25) is 4.98 Å². The van der Waals surface area contributed by atoms with E-state index >= 15 is 0 Å². The predicted octanol–water partition coefficient (Wildman–Crippen LogP) is 2.57. The zero-order valence-electron chi connectivity index (χ0n) is 9.66. The lowest BCUT2D eigenvalue weighted by Gasteiger charge is -2.17. The highest BCUT2D eigenvalue weighted by molar-refractivity contribution is 5.11. The summed E-state index contributed by atoms with van der Waals surface area (Å²) in [6.07, 6.45) is 5.87. The number of nitrogens with one attached hydrogen (secondary N) is 1. The van der Waals surface area contributed by atoms with E-state index in [4.69, 9.17) is 0 Å². The van der Waals surface area contributed by atoms with Gasteiger partial charge >= 0.3 is 0 Å². The van der Waals surface area contributed by atoms with Gasteiger partial charge < -0.3 is 5.32 Å². The van der Waals surface area contributed by atoms with E-state index in [1.54, 1.807) is 0 Å². The average Bonchev–Trinajstić information content (AvgIpc) is 2.25. The Morgan fingerprint density at radius 1 is 1.47 bits per heavy atom. The normalized spacial score (nSPS) is 12.4. The van der Waals surface area contributed by atoms with Crippen molar-refractivity contribution in [3.63, 3.8) is 0 Å². The van der Waals surface area contributed by atoms with Crippen LogP contribution in [0.5, 0.6) is 0 Å². The first-order valence-corrected chi connectivity index (χ1v) is 5.51. The molecule has 1 rings (SSSR count). The zero-order chi connectivity index (χ0) is 11.1. The van der Waals surface area contributed by atoms with Crippen LogP contribution in [0.1, 0.15) is 25.8 Å². The van der Waals surface area contributed by atoms with E-state index in [0.29, 0.717) is 6.04 Å². The first-order chi connectivity index (χ1) is 7.24. The highest BCUT2D eigenvalue weighted by atomic mass is 14.9. The Kier molecular flexibility index (Phi) is 5.05. The van der Waals surface area contributed by atoms with Crippen molar-refractivity contribution in [2.75, 3.05) is 6.54 Å². The van der Waals surface area contributed by atoms with Crippen molar-refractivity contribution in [2.45, 2.75) is 32.7 Å². The Bertz CT molecular complexity index is 293. The van der Waals surface area contributed by atoms with Crippen molar-refractivity contribution in [3.05, 3.63) is 42.2 Å². The quantitative estimate of drug-likeness (QED) is 0.720. The van der Waals surface area contributed by atoms with Gasteiger partial charge in [0.25, 0.3) is 0 Å². The number of nitrogens with zero attached hydrogens (tertiary/aromatic N) is 1. The topological polar surface area (TPSA) is 24.9 Å². The van der Waals surface area contributed by atoms with Gasteiger partial charge in [0.1, 0.15) is 0 Å². The van der Waals surface area contributed by atoms with Gasteiger partial charge in [-0.1, -0.05) is 19.1 Å². The largest absolute Gasteiger partial charge is 0.311 e. The summed E-state index contributed by atoms with van der Waals surface area (Å²) in [6, 6.07) is 4.58. The van der Waals surface area contributed by atoms with E-state index in [9.17, 15) is 0 Å². The van der Waals surface area contributed by atoms with Gasteiger partial charge in [-0.05, 0) is 44.0 Å². The second kappa shape index (κ2) is 6.36. The molecule has 0 aromatic carbocycles. The summed E-state index contributed by atoms with van der Waals surface area (Å²) in [4.78, 5) is 4.01. The number of likely N-dealkylation sites (N-methyl/N-ethyl adjacent to an activating group) is 1. The van der Waals surface area contributed by atoms with Crippen molar-refractivity contribution >= 4 is 0 Å². The van der Waals surface area contributed by atoms with Gasteiger partial charge in [0, 0.05) is 18.4 Å². The summed E-state index contributed by atoms with van der Waals surface area (Å²) >= 11 is 0. The molecule has 1 heterocycles. The fourth-order valence-corrected chi connectivity index (χ4v) is 1.63. The van der Waals surface area contributed by atoms with E-state index in [1.165, 1.54) is 11.1 Å². The lowest BCUT2D eigenvalue weighted by Crippen LogP contribution is -2.30. The minimum atomic E-state index is 0.433. The standard InChI is InChI=1S/C13H20N2/c1-4-15-13(11(2)3)6-5-12-7-9-14-10-8-12/h7-10,13,15H,2,4-6H2,1,3H3. The summed E-state index contributed by atoms with van der Waals surface area (Å²) in [5.74, 6) is 0. The molecule has 2 heteroatoms. The molecule has 0 aliphatic heterocycles. The zero-order valence-corrected chi connectivity index (χ0v) is 9.66. The highest BCUT2D eigenvalue weighted by Crippen LogP contribution is 2.08. The maximum absolute atomic E-state index is 4.01. The van der Waals surface area contributed by atoms with Crippen LogP contribution in [-0.4, -0.2) is 17.6 Å². The van der Waals surface area contributed by atoms with Crippen LogP contribution in [0.25, 0.3) is 0 Å². The van der Waals surface area contributed by atoms with Crippen molar-refractivity contribution in [1.29, 1.82) is 0 Å². The third-order valence-corrected chi connectivity index (χ3v) is 2.52. The van der Waals surface area contributed by atoms with E-state index in [1.807, 2.05) is 12.4 Å². The van der Waals surface area contributed by atoms with Crippen LogP contribution in [0.4, 0.5) is 0 Å². The molecular weight excluding hydrogens is 184 g/mol. The number of rotatable bonds is 6. The minimum Gasteiger partial charge on any atom is -0.311 e. The van der Waals surface area contributed by atoms with Gasteiger partial charge in [0.15, 0.2) is 0 Å². The van der Waals surface area contributed by atoms with Crippen LogP contribution in [0, 0.1) is 0 Å². The Morgan fingerprint density at radius 3 is 2.67 bits per heavy atom. The van der Waals surface area contributed by atoms with Crippen molar-refractivity contribution in [2.24, 2.45) is 0 Å². The molecular formula is C13H20N2. The van der Waals surface area contributed by atoms with Gasteiger partial charge in [0.05, 0.1) is 0 Å². The first-order valence-electron chi connectivity index (χ1n) is 5.51. The molecule has 0 amide bonds. The fraction of sp³-hybridized carbons (Fsp3) is 0.462. The Labute approximate surface area is 92.4 Å². The molecule has 1 N–H and O–H groups in total. The van der Waals surface area contributed by atoms with Gasteiger partial charge in [-0.2, -0.15) is 0 Å². The van der Waals surface area contributed by atoms with Gasteiger partial charge in [0.2, 0.25) is 0 Å². The molecule has 82 valence electrons. The second-order valence-electron chi connectivity index (χ2n) is 3.85. The second-order valence-corrected chi connectivity index (χ2v) is 3.85. The monoisotopic (exact) mass is 204 g/mol. The maximum atomic E-state index is 4.01. The van der Waals surface area contributed by atoms with E-state index in [0.717, 1.165) is 19.4 Å². The van der Waals surface area contributed by atoms with E-state index < -0.39 is 0 Å². The molecule has 0 radical (unpaired) electrons. The third kappa shape index (κ3) is 4.26. The number of pyridine rings is 1. The number of aromatic nitrogens is 1. The highest BCUT2D eigenvalue weighted by Gasteiger charge is 2.07. The molecule has 15 heavy (non-hydrogen) atoms. The molecule has 1 atom stereocenters. The molecule has 0 spiro atoms. The summed E-state index contributed by atoms with van der Waals surface area (Å²) in [7, 11) is 0. The Morgan fingerprint density at radius 2 is 2.13 bits per heavy atom. The number of hydrogen-bond donors (Lipinski definition) is 1. The van der Waals surface area contributed by atoms with E-state index in [2.05, 4.69) is 42.9 Å². The summed E-state index contributed by atoms with van der Waals surface area (Å²) in [5.41, 5.74) is 2.56. The fourth-order valence-electron chi connectivity index (χ4n) is 1.63. The molecule has 1 aromatic rings. The van der Waals surface area contributed by atoms with Gasteiger partial charge in [-0.25, -0.2) is 0 Å². The molecule has 0 aliphatic rings. The molecule has 2 nitrogen and oxygen atoms in total. The van der Waals surface area contributed by atoms with Crippen LogP contribution >= 0.6 is 0 Å². The van der Waals surface area contributed by atoms with Gasteiger partial charge in [-0.15, -0.1) is 0 Å². The SMILES string of the molecule is C=C(C)C(CCc1ccncc1)NCC. The maximum Gasteiger partial charge on any atom is 0.0277 e. The lowest BCUT2D eigenvalue weighted by molar-refractivity contribution is 0.552. The summed E-state index contributed by atoms with van der Waals surface area (Å²) in [5, 5.41) is 3.44. The molecule has 0 saturated heterocycles.